The van der Waals surface area contributed by atoms with Gasteiger partial charge in [-0.05, 0) is 18.2 Å². The third kappa shape index (κ3) is 3.94. The summed E-state index contributed by atoms with van der Waals surface area (Å²) in [4.78, 5) is 7.45. The van der Waals surface area contributed by atoms with Gasteiger partial charge in [-0.1, -0.05) is 30.3 Å². The molecular weight excluding hydrogens is 307 g/mol. The Hall–Kier alpha value is -2.70. The summed E-state index contributed by atoms with van der Waals surface area (Å²) in [7, 11) is 0. The van der Waals surface area contributed by atoms with E-state index >= 15 is 0 Å². The number of rotatable bonds is 5. The summed E-state index contributed by atoms with van der Waals surface area (Å²) in [5, 5.41) is 3.06. The van der Waals surface area contributed by atoms with Crippen molar-refractivity contribution in [2.24, 2.45) is 0 Å². The van der Waals surface area contributed by atoms with E-state index in [2.05, 4.69) is 15.3 Å². The number of ether oxygens (including phenoxy) is 1. The van der Waals surface area contributed by atoms with Crippen LogP contribution in [0, 0.1) is 0 Å². The first-order chi connectivity index (χ1) is 11.0. The molecule has 1 aromatic heterocycles. The molecule has 0 aliphatic carbocycles. The third-order valence-electron chi connectivity index (χ3n) is 3.20. The molecule has 4 nitrogen and oxygen atoms in total. The second kappa shape index (κ2) is 6.20. The van der Waals surface area contributed by atoms with Gasteiger partial charge in [0.25, 0.3) is 0 Å². The number of hydrogen-bond donors (Lipinski definition) is 2. The van der Waals surface area contributed by atoms with Crippen LogP contribution in [0.15, 0.2) is 48.5 Å². The van der Waals surface area contributed by atoms with Crippen molar-refractivity contribution in [1.82, 2.24) is 9.97 Å². The Kier molecular flexibility index (Phi) is 4.10. The molecule has 0 spiro atoms. The third-order valence-corrected chi connectivity index (χ3v) is 3.20. The lowest BCUT2D eigenvalue weighted by Gasteiger charge is -2.13. The lowest BCUT2D eigenvalue weighted by Crippen LogP contribution is -2.20. The molecule has 2 aromatic carbocycles. The van der Waals surface area contributed by atoms with Gasteiger partial charge in [-0.3, -0.25) is 0 Å². The lowest BCUT2D eigenvalue weighted by atomic mass is 10.2. The SMILES string of the molecule is FC(F)(F)COc1ccccc1CNc1nc2ccccc2[nH]1. The van der Waals surface area contributed by atoms with Gasteiger partial charge in [0.2, 0.25) is 5.95 Å². The summed E-state index contributed by atoms with van der Waals surface area (Å²) >= 11 is 0. The molecule has 3 aromatic rings. The van der Waals surface area contributed by atoms with Crippen LogP contribution in [-0.4, -0.2) is 22.8 Å². The number of anilines is 1. The number of alkyl halides is 3. The van der Waals surface area contributed by atoms with Gasteiger partial charge in [0.1, 0.15) is 5.75 Å². The predicted octanol–water partition coefficient (Wildman–Crippen LogP) is 4.12. The fourth-order valence-electron chi connectivity index (χ4n) is 2.17. The smallest absolute Gasteiger partial charge is 0.422 e. The standard InChI is InChI=1S/C16H14F3N3O/c17-16(18,19)10-23-14-8-4-1-5-11(14)9-20-15-21-12-6-2-3-7-13(12)22-15/h1-8H,9-10H2,(H2,20,21,22). The normalized spacial score (nSPS) is 11.6. The molecule has 0 radical (unpaired) electrons. The molecule has 0 atom stereocenters. The van der Waals surface area contributed by atoms with Crippen LogP contribution in [-0.2, 0) is 6.54 Å². The van der Waals surface area contributed by atoms with Crippen LogP contribution >= 0.6 is 0 Å². The molecule has 2 N–H and O–H groups in total. The maximum atomic E-state index is 12.3. The van der Waals surface area contributed by atoms with Crippen molar-refractivity contribution in [1.29, 1.82) is 0 Å². The zero-order valence-electron chi connectivity index (χ0n) is 12.0. The van der Waals surface area contributed by atoms with Gasteiger partial charge >= 0.3 is 6.18 Å². The number of imidazole rings is 1. The summed E-state index contributed by atoms with van der Waals surface area (Å²) in [6.45, 7) is -1.01. The monoisotopic (exact) mass is 321 g/mol. The zero-order chi connectivity index (χ0) is 16.3. The number of H-pyrrole nitrogens is 1. The summed E-state index contributed by atoms with van der Waals surface area (Å²) in [5.74, 6) is 0.755. The molecule has 0 aliphatic rings. The second-order valence-electron chi connectivity index (χ2n) is 4.97. The van der Waals surface area contributed by atoms with Gasteiger partial charge in [-0.25, -0.2) is 4.98 Å². The summed E-state index contributed by atoms with van der Waals surface area (Å²) in [6, 6.07) is 14.2. The number of nitrogens with one attached hydrogen (secondary N) is 2. The number of halogens is 3. The highest BCUT2D eigenvalue weighted by Gasteiger charge is 2.28. The van der Waals surface area contributed by atoms with Crippen LogP contribution in [0.2, 0.25) is 0 Å². The number of aromatic nitrogens is 2. The molecule has 0 saturated carbocycles. The lowest BCUT2D eigenvalue weighted by molar-refractivity contribution is -0.153. The van der Waals surface area contributed by atoms with Crippen LogP contribution < -0.4 is 10.1 Å². The van der Waals surface area contributed by atoms with Crippen LogP contribution in [0.5, 0.6) is 5.75 Å². The Morgan fingerprint density at radius 3 is 2.57 bits per heavy atom. The first-order valence-corrected chi connectivity index (χ1v) is 6.97. The van der Waals surface area contributed by atoms with Crippen LogP contribution in [0.4, 0.5) is 19.1 Å². The minimum absolute atomic E-state index is 0.202. The number of para-hydroxylation sites is 3. The predicted molar refractivity (Wildman–Crippen MR) is 81.4 cm³/mol. The second-order valence-corrected chi connectivity index (χ2v) is 4.97. The van der Waals surface area contributed by atoms with Crippen molar-refractivity contribution in [3.8, 4) is 5.75 Å². The van der Waals surface area contributed by atoms with Crippen molar-refractivity contribution >= 4 is 17.0 Å². The molecule has 0 saturated heterocycles. The number of nitrogens with zero attached hydrogens (tertiary/aromatic N) is 1. The van der Waals surface area contributed by atoms with Crippen LogP contribution in [0.1, 0.15) is 5.56 Å². The molecule has 0 fully saturated rings. The van der Waals surface area contributed by atoms with Crippen LogP contribution in [0.25, 0.3) is 11.0 Å². The Morgan fingerprint density at radius 1 is 1.04 bits per heavy atom. The molecule has 0 bridgehead atoms. The highest BCUT2D eigenvalue weighted by Crippen LogP contribution is 2.23. The van der Waals surface area contributed by atoms with Gasteiger partial charge in [0.05, 0.1) is 11.0 Å². The van der Waals surface area contributed by atoms with E-state index in [1.165, 1.54) is 6.07 Å². The number of hydrogen-bond acceptors (Lipinski definition) is 3. The van der Waals surface area contributed by atoms with Crippen molar-refractivity contribution < 1.29 is 17.9 Å². The molecule has 120 valence electrons. The fraction of sp³-hybridized carbons (Fsp3) is 0.188. The average molecular weight is 321 g/mol. The van der Waals surface area contributed by atoms with E-state index < -0.39 is 12.8 Å². The van der Waals surface area contributed by atoms with E-state index in [1.807, 2.05) is 24.3 Å². The maximum Gasteiger partial charge on any atom is 0.422 e. The molecule has 7 heteroatoms. The number of benzene rings is 2. The minimum atomic E-state index is -4.36. The summed E-state index contributed by atoms with van der Waals surface area (Å²) in [5.41, 5.74) is 2.32. The average Bonchev–Trinajstić information content (AvgIpc) is 2.94. The van der Waals surface area contributed by atoms with Gasteiger partial charge < -0.3 is 15.0 Å². The molecule has 3 rings (SSSR count). The van der Waals surface area contributed by atoms with E-state index in [9.17, 15) is 13.2 Å². The zero-order valence-corrected chi connectivity index (χ0v) is 12.0. The molecule has 0 unspecified atom stereocenters. The number of fused-ring (bicyclic) bond motifs is 1. The Bertz CT molecular complexity index is 765. The quantitative estimate of drug-likeness (QED) is 0.743. The number of aromatic amines is 1. The largest absolute Gasteiger partial charge is 0.484 e. The highest BCUT2D eigenvalue weighted by molar-refractivity contribution is 5.77. The summed E-state index contributed by atoms with van der Waals surface area (Å²) < 4.78 is 41.7. The van der Waals surface area contributed by atoms with E-state index in [4.69, 9.17) is 4.74 Å². The van der Waals surface area contributed by atoms with E-state index in [0.29, 0.717) is 18.1 Å². The summed E-state index contributed by atoms with van der Waals surface area (Å²) in [6.07, 6.45) is -4.36. The van der Waals surface area contributed by atoms with Crippen molar-refractivity contribution in [2.45, 2.75) is 12.7 Å². The molecule has 23 heavy (non-hydrogen) atoms. The minimum Gasteiger partial charge on any atom is -0.484 e. The van der Waals surface area contributed by atoms with Crippen molar-refractivity contribution in [2.75, 3.05) is 11.9 Å². The Labute approximate surface area is 130 Å². The van der Waals surface area contributed by atoms with Crippen LogP contribution in [0.3, 0.4) is 0 Å². The van der Waals surface area contributed by atoms with Gasteiger partial charge in [-0.2, -0.15) is 13.2 Å². The molecular formula is C16H14F3N3O. The van der Waals surface area contributed by atoms with E-state index in [-0.39, 0.29) is 5.75 Å². The molecule has 0 aliphatic heterocycles. The molecule has 0 amide bonds. The van der Waals surface area contributed by atoms with Gasteiger partial charge in [-0.15, -0.1) is 0 Å². The highest BCUT2D eigenvalue weighted by atomic mass is 19.4. The molecule has 1 heterocycles. The van der Waals surface area contributed by atoms with E-state index in [0.717, 1.165) is 11.0 Å². The Balaban J connectivity index is 1.70. The van der Waals surface area contributed by atoms with Crippen molar-refractivity contribution in [3.63, 3.8) is 0 Å². The Morgan fingerprint density at radius 2 is 1.78 bits per heavy atom. The first kappa shape index (κ1) is 15.2. The van der Waals surface area contributed by atoms with Gasteiger partial charge in [0, 0.05) is 12.1 Å². The first-order valence-electron chi connectivity index (χ1n) is 6.97. The topological polar surface area (TPSA) is 49.9 Å². The fourth-order valence-corrected chi connectivity index (χ4v) is 2.17. The maximum absolute atomic E-state index is 12.3. The van der Waals surface area contributed by atoms with E-state index in [1.54, 1.807) is 18.2 Å². The van der Waals surface area contributed by atoms with Gasteiger partial charge in [0.15, 0.2) is 6.61 Å². The van der Waals surface area contributed by atoms with Crippen molar-refractivity contribution in [3.05, 3.63) is 54.1 Å².